The largest absolute Gasteiger partial charge is 0.495 e. The summed E-state index contributed by atoms with van der Waals surface area (Å²) in [5.41, 5.74) is 3.32. The molecule has 8 nitrogen and oxygen atoms in total. The number of nitrogens with zero attached hydrogens (tertiary/aromatic N) is 2. The van der Waals surface area contributed by atoms with E-state index in [0.717, 1.165) is 29.4 Å². The molecule has 3 rings (SSSR count). The molecule has 0 aliphatic carbocycles. The number of hydrogen-bond acceptors (Lipinski definition) is 5. The molecule has 0 saturated carbocycles. The third-order valence-corrected chi connectivity index (χ3v) is 8.81. The van der Waals surface area contributed by atoms with Crippen LogP contribution in [0, 0.1) is 6.92 Å². The summed E-state index contributed by atoms with van der Waals surface area (Å²) in [6.07, 6.45) is 2.51. The minimum absolute atomic E-state index is 0.0453. The molecule has 0 bridgehead atoms. The molecule has 0 radical (unpaired) electrons. The second-order valence-corrected chi connectivity index (χ2v) is 13.1. The van der Waals surface area contributed by atoms with Gasteiger partial charge < -0.3 is 15.0 Å². The van der Waals surface area contributed by atoms with Crippen LogP contribution in [0.25, 0.3) is 0 Å². The first-order valence-electron chi connectivity index (χ1n) is 14.4. The highest BCUT2D eigenvalue weighted by Gasteiger charge is 2.31. The highest BCUT2D eigenvalue weighted by molar-refractivity contribution is 7.92. The fourth-order valence-corrected chi connectivity index (χ4v) is 5.91. The van der Waals surface area contributed by atoms with Crippen LogP contribution in [0.3, 0.4) is 0 Å². The number of halogens is 1. The van der Waals surface area contributed by atoms with Crippen molar-refractivity contribution in [3.63, 3.8) is 0 Å². The van der Waals surface area contributed by atoms with Crippen molar-refractivity contribution in [1.82, 2.24) is 10.2 Å². The topological polar surface area (TPSA) is 96.0 Å². The molecule has 3 aromatic carbocycles. The Bertz CT molecular complexity index is 1470. The number of amides is 2. The first-order valence-corrected chi connectivity index (χ1v) is 16.7. The molecule has 2 atom stereocenters. The van der Waals surface area contributed by atoms with Crippen molar-refractivity contribution in [2.24, 2.45) is 0 Å². The summed E-state index contributed by atoms with van der Waals surface area (Å²) in [5, 5.41) is 3.35. The molecule has 10 heteroatoms. The number of ether oxygens (including phenoxy) is 1. The van der Waals surface area contributed by atoms with Crippen LogP contribution in [0.4, 0.5) is 5.69 Å². The van der Waals surface area contributed by atoms with Crippen molar-refractivity contribution < 1.29 is 22.7 Å². The summed E-state index contributed by atoms with van der Waals surface area (Å²) in [5.74, 6) is -0.0211. The number of anilines is 1. The third kappa shape index (κ3) is 10.0. The molecule has 0 heterocycles. The van der Waals surface area contributed by atoms with Gasteiger partial charge in [-0.2, -0.15) is 0 Å². The van der Waals surface area contributed by atoms with Gasteiger partial charge in [0.1, 0.15) is 11.8 Å². The molecule has 0 unspecified atom stereocenters. The number of carbonyl (C=O) groups excluding carboxylic acids is 2. The van der Waals surface area contributed by atoms with Crippen molar-refractivity contribution in [2.75, 3.05) is 24.2 Å². The number of methoxy groups -OCH3 is 1. The summed E-state index contributed by atoms with van der Waals surface area (Å²) in [6, 6.07) is 21.5. The first kappa shape index (κ1) is 33.9. The number of hydrogen-bond donors (Lipinski definition) is 1. The van der Waals surface area contributed by atoms with E-state index in [0.29, 0.717) is 17.9 Å². The molecule has 3 aromatic rings. The van der Waals surface area contributed by atoms with Crippen LogP contribution in [-0.2, 0) is 32.6 Å². The number of sulfonamides is 1. The maximum Gasteiger partial charge on any atom is 0.243 e. The Morgan fingerprint density at radius 2 is 1.67 bits per heavy atom. The second kappa shape index (κ2) is 15.8. The maximum absolute atomic E-state index is 14.0. The van der Waals surface area contributed by atoms with E-state index in [2.05, 4.69) is 5.32 Å². The van der Waals surface area contributed by atoms with E-state index >= 15 is 0 Å². The van der Waals surface area contributed by atoms with Gasteiger partial charge in [-0.15, -0.1) is 0 Å². The van der Waals surface area contributed by atoms with Crippen LogP contribution in [-0.4, -0.2) is 57.1 Å². The zero-order valence-electron chi connectivity index (χ0n) is 25.5. The Balaban J connectivity index is 1.89. The van der Waals surface area contributed by atoms with E-state index in [9.17, 15) is 18.0 Å². The fraction of sp³-hybridized carbons (Fsp3) is 0.394. The van der Waals surface area contributed by atoms with Crippen molar-refractivity contribution in [2.45, 2.75) is 65.1 Å². The molecular weight excluding hydrogens is 586 g/mol. The van der Waals surface area contributed by atoms with Crippen LogP contribution in [0.5, 0.6) is 5.75 Å². The third-order valence-electron chi connectivity index (χ3n) is 7.32. The average molecular weight is 628 g/mol. The molecule has 0 fully saturated rings. The number of benzene rings is 3. The lowest BCUT2D eigenvalue weighted by Gasteiger charge is -2.32. The standard InChI is InChI=1S/C33H42ClN3O5S/c1-6-25(3)35-33(39)30(21-26-11-8-7-9-12-26)36(23-27-16-14-24(2)15-17-27)32(38)13-10-20-37(43(5,40)41)28-18-19-31(42-4)29(34)22-28/h7-9,11-12,14-19,22,25,30H,6,10,13,20-21,23H2,1-5H3,(H,35,39)/t25-,30+/m1/s1. The highest BCUT2D eigenvalue weighted by Crippen LogP contribution is 2.30. The minimum atomic E-state index is -3.67. The van der Waals surface area contributed by atoms with E-state index < -0.39 is 16.1 Å². The summed E-state index contributed by atoms with van der Waals surface area (Å²) >= 11 is 6.27. The van der Waals surface area contributed by atoms with E-state index in [1.165, 1.54) is 17.5 Å². The predicted octanol–water partition coefficient (Wildman–Crippen LogP) is 5.76. The van der Waals surface area contributed by atoms with E-state index in [-0.39, 0.29) is 48.8 Å². The van der Waals surface area contributed by atoms with Gasteiger partial charge in [-0.25, -0.2) is 8.42 Å². The molecule has 0 spiro atoms. The zero-order chi connectivity index (χ0) is 31.6. The first-order chi connectivity index (χ1) is 20.4. The van der Waals surface area contributed by atoms with Gasteiger partial charge in [0.2, 0.25) is 21.8 Å². The molecule has 0 saturated heterocycles. The normalized spacial score (nSPS) is 12.7. The molecular formula is C33H42ClN3O5S. The summed E-state index contributed by atoms with van der Waals surface area (Å²) in [6.45, 7) is 6.24. The fourth-order valence-electron chi connectivity index (χ4n) is 4.70. The number of nitrogens with one attached hydrogen (secondary N) is 1. The Hall–Kier alpha value is -3.56. The van der Waals surface area contributed by atoms with Gasteiger partial charge in [-0.1, -0.05) is 78.7 Å². The van der Waals surface area contributed by atoms with Crippen LogP contribution < -0.4 is 14.4 Å². The smallest absolute Gasteiger partial charge is 0.243 e. The number of carbonyl (C=O) groups is 2. The SMILES string of the molecule is CC[C@@H](C)NC(=O)[C@H](Cc1ccccc1)N(Cc1ccc(C)cc1)C(=O)CCCN(c1ccc(OC)c(Cl)c1)S(C)(=O)=O. The summed E-state index contributed by atoms with van der Waals surface area (Å²) < 4.78 is 31.8. The summed E-state index contributed by atoms with van der Waals surface area (Å²) in [4.78, 5) is 29.3. The van der Waals surface area contributed by atoms with Gasteiger partial charge in [-0.3, -0.25) is 13.9 Å². The zero-order valence-corrected chi connectivity index (χ0v) is 27.1. The lowest BCUT2D eigenvalue weighted by molar-refractivity contribution is -0.141. The lowest BCUT2D eigenvalue weighted by Crippen LogP contribution is -2.52. The highest BCUT2D eigenvalue weighted by atomic mass is 35.5. The Labute approximate surface area is 261 Å². The van der Waals surface area contributed by atoms with Crippen LogP contribution >= 0.6 is 11.6 Å². The number of rotatable bonds is 15. The van der Waals surface area contributed by atoms with Crippen LogP contribution in [0.1, 0.15) is 49.8 Å². The second-order valence-electron chi connectivity index (χ2n) is 10.8. The number of aryl methyl sites for hydroxylation is 1. The van der Waals surface area contributed by atoms with Gasteiger partial charge in [-0.05, 0) is 56.0 Å². The average Bonchev–Trinajstić information content (AvgIpc) is 2.97. The molecule has 1 N–H and O–H groups in total. The monoisotopic (exact) mass is 627 g/mol. The molecule has 2 amide bonds. The van der Waals surface area contributed by atoms with Crippen molar-refractivity contribution >= 4 is 39.1 Å². The Morgan fingerprint density at radius 3 is 2.26 bits per heavy atom. The van der Waals surface area contributed by atoms with Gasteiger partial charge in [0, 0.05) is 32.0 Å². The Morgan fingerprint density at radius 1 is 1.00 bits per heavy atom. The van der Waals surface area contributed by atoms with Crippen molar-refractivity contribution in [1.29, 1.82) is 0 Å². The van der Waals surface area contributed by atoms with Crippen LogP contribution in [0.15, 0.2) is 72.8 Å². The summed E-state index contributed by atoms with van der Waals surface area (Å²) in [7, 11) is -2.18. The molecule has 232 valence electrons. The molecule has 0 aliphatic heterocycles. The Kier molecular flexibility index (Phi) is 12.5. The van der Waals surface area contributed by atoms with E-state index in [1.54, 1.807) is 17.0 Å². The molecule has 0 aliphatic rings. The predicted molar refractivity (Wildman–Crippen MR) is 173 cm³/mol. The minimum Gasteiger partial charge on any atom is -0.495 e. The van der Waals surface area contributed by atoms with E-state index in [1.807, 2.05) is 75.4 Å². The van der Waals surface area contributed by atoms with E-state index in [4.69, 9.17) is 16.3 Å². The molecule has 43 heavy (non-hydrogen) atoms. The lowest BCUT2D eigenvalue weighted by atomic mass is 10.0. The quantitative estimate of drug-likeness (QED) is 0.231. The van der Waals surface area contributed by atoms with Gasteiger partial charge in [0.25, 0.3) is 0 Å². The maximum atomic E-state index is 14.0. The van der Waals surface area contributed by atoms with Crippen molar-refractivity contribution in [3.8, 4) is 5.75 Å². The van der Waals surface area contributed by atoms with Crippen molar-refractivity contribution in [3.05, 3.63) is 94.5 Å². The molecule has 0 aromatic heterocycles. The van der Waals surface area contributed by atoms with Gasteiger partial charge in [0.15, 0.2) is 0 Å². The van der Waals surface area contributed by atoms with Crippen LogP contribution in [0.2, 0.25) is 5.02 Å². The van der Waals surface area contributed by atoms with Gasteiger partial charge in [0.05, 0.1) is 24.1 Å². The van der Waals surface area contributed by atoms with Gasteiger partial charge >= 0.3 is 0 Å².